The molecule has 2 heterocycles. The van der Waals surface area contributed by atoms with Gasteiger partial charge in [0.05, 0.1) is 5.02 Å². The quantitative estimate of drug-likeness (QED) is 0.590. The molecule has 1 fully saturated rings. The van der Waals surface area contributed by atoms with Crippen molar-refractivity contribution in [3.63, 3.8) is 0 Å². The third-order valence-corrected chi connectivity index (χ3v) is 3.83. The second-order valence-corrected chi connectivity index (χ2v) is 5.35. The lowest BCUT2D eigenvalue weighted by Gasteiger charge is -2.15. The fraction of sp³-hybridized carbons (Fsp3) is 0.400. The second-order valence-electron chi connectivity index (χ2n) is 3.49. The Morgan fingerprint density at radius 3 is 3.13 bits per heavy atom. The van der Waals surface area contributed by atoms with Crippen LogP contribution in [0.15, 0.2) is 12.3 Å². The molecule has 0 aliphatic carbocycles. The Balaban J connectivity index is 2.25. The lowest BCUT2D eigenvalue weighted by atomic mass is 10.3. The van der Waals surface area contributed by atoms with Crippen molar-refractivity contribution in [1.29, 1.82) is 0 Å². The molecule has 80 valence electrons. The molecule has 1 aliphatic heterocycles. The third kappa shape index (κ3) is 2.26. The number of halogens is 1. The smallest absolute Gasteiger partial charge is 0.151 e. The summed E-state index contributed by atoms with van der Waals surface area (Å²) in [6.07, 6.45) is 3.44. The van der Waals surface area contributed by atoms with Crippen LogP contribution in [0.3, 0.4) is 0 Å². The molecule has 3 nitrogen and oxygen atoms in total. The monoisotopic (exact) mass is 242 g/mol. The van der Waals surface area contributed by atoms with Gasteiger partial charge in [0.25, 0.3) is 0 Å². The SMILES string of the molecule is CC1CCN(c2cc(C=O)c(Cl)cn2)S1. The number of pyridine rings is 1. The van der Waals surface area contributed by atoms with Crippen LogP contribution in [0.25, 0.3) is 0 Å². The van der Waals surface area contributed by atoms with Crippen LogP contribution in [0.1, 0.15) is 23.7 Å². The Morgan fingerprint density at radius 2 is 2.53 bits per heavy atom. The van der Waals surface area contributed by atoms with Crippen LogP contribution >= 0.6 is 23.5 Å². The van der Waals surface area contributed by atoms with Gasteiger partial charge in [-0.05, 0) is 24.4 Å². The largest absolute Gasteiger partial charge is 0.300 e. The minimum atomic E-state index is 0.408. The number of aromatic nitrogens is 1. The van der Waals surface area contributed by atoms with Crippen molar-refractivity contribution in [2.24, 2.45) is 0 Å². The zero-order valence-electron chi connectivity index (χ0n) is 8.31. The molecule has 0 N–H and O–H groups in total. The van der Waals surface area contributed by atoms with E-state index in [2.05, 4.69) is 16.2 Å². The van der Waals surface area contributed by atoms with Gasteiger partial charge in [0.2, 0.25) is 0 Å². The Hall–Kier alpha value is -0.740. The number of rotatable bonds is 2. The van der Waals surface area contributed by atoms with Crippen molar-refractivity contribution >= 4 is 35.7 Å². The van der Waals surface area contributed by atoms with Gasteiger partial charge in [-0.15, -0.1) is 0 Å². The molecule has 1 saturated heterocycles. The van der Waals surface area contributed by atoms with Gasteiger partial charge in [0.1, 0.15) is 5.82 Å². The molecule has 0 saturated carbocycles. The van der Waals surface area contributed by atoms with Crippen LogP contribution in [0.5, 0.6) is 0 Å². The number of hydrogen-bond acceptors (Lipinski definition) is 4. The van der Waals surface area contributed by atoms with E-state index in [-0.39, 0.29) is 0 Å². The van der Waals surface area contributed by atoms with E-state index in [9.17, 15) is 4.79 Å². The molecule has 1 aromatic heterocycles. The molecule has 0 aromatic carbocycles. The minimum absolute atomic E-state index is 0.408. The molecule has 15 heavy (non-hydrogen) atoms. The number of anilines is 1. The molecule has 0 bridgehead atoms. The summed E-state index contributed by atoms with van der Waals surface area (Å²) in [6.45, 7) is 3.15. The molecule has 2 rings (SSSR count). The fourth-order valence-corrected chi connectivity index (χ4v) is 2.67. The van der Waals surface area contributed by atoms with Crippen LogP contribution in [-0.2, 0) is 0 Å². The van der Waals surface area contributed by atoms with E-state index in [0.717, 1.165) is 25.1 Å². The molecule has 0 amide bonds. The van der Waals surface area contributed by atoms with E-state index in [1.807, 2.05) is 0 Å². The van der Waals surface area contributed by atoms with Gasteiger partial charge in [-0.2, -0.15) is 0 Å². The van der Waals surface area contributed by atoms with Crippen molar-refractivity contribution in [3.8, 4) is 0 Å². The first-order valence-corrected chi connectivity index (χ1v) is 5.97. The van der Waals surface area contributed by atoms with Gasteiger partial charge in [-0.3, -0.25) is 4.79 Å². The summed E-state index contributed by atoms with van der Waals surface area (Å²) >= 11 is 7.57. The van der Waals surface area contributed by atoms with E-state index in [0.29, 0.717) is 15.8 Å². The maximum Gasteiger partial charge on any atom is 0.151 e. The molecule has 1 atom stereocenters. The summed E-state index contributed by atoms with van der Waals surface area (Å²) in [5.74, 6) is 0.816. The van der Waals surface area contributed by atoms with Gasteiger partial charge in [-0.1, -0.05) is 18.5 Å². The molecular formula is C10H11ClN2OS. The summed E-state index contributed by atoms with van der Waals surface area (Å²) in [4.78, 5) is 14.9. The lowest BCUT2D eigenvalue weighted by Crippen LogP contribution is -2.10. The highest BCUT2D eigenvalue weighted by molar-refractivity contribution is 8.01. The summed E-state index contributed by atoms with van der Waals surface area (Å²) in [6, 6.07) is 1.74. The van der Waals surface area contributed by atoms with E-state index in [1.54, 1.807) is 18.0 Å². The van der Waals surface area contributed by atoms with E-state index in [4.69, 9.17) is 11.6 Å². The number of aldehydes is 1. The Bertz CT molecular complexity index is 386. The summed E-state index contributed by atoms with van der Waals surface area (Å²) < 4.78 is 2.11. The zero-order valence-corrected chi connectivity index (χ0v) is 9.88. The highest BCUT2D eigenvalue weighted by Gasteiger charge is 2.21. The topological polar surface area (TPSA) is 33.2 Å². The van der Waals surface area contributed by atoms with Crippen LogP contribution in [0.4, 0.5) is 5.82 Å². The van der Waals surface area contributed by atoms with E-state index >= 15 is 0 Å². The number of carbonyl (C=O) groups excluding carboxylic acids is 1. The molecule has 0 spiro atoms. The zero-order chi connectivity index (χ0) is 10.8. The third-order valence-electron chi connectivity index (χ3n) is 2.30. The fourth-order valence-electron chi connectivity index (χ4n) is 1.46. The van der Waals surface area contributed by atoms with Gasteiger partial charge in [0, 0.05) is 23.6 Å². The maximum absolute atomic E-state index is 10.7. The van der Waals surface area contributed by atoms with Crippen molar-refractivity contribution in [2.75, 3.05) is 10.8 Å². The van der Waals surface area contributed by atoms with Crippen molar-refractivity contribution in [1.82, 2.24) is 4.98 Å². The van der Waals surface area contributed by atoms with Gasteiger partial charge < -0.3 is 4.31 Å². The van der Waals surface area contributed by atoms with Crippen molar-refractivity contribution in [3.05, 3.63) is 22.8 Å². The molecule has 5 heteroatoms. The standard InChI is InChI=1S/C10H11ClN2OS/c1-7-2-3-13(15-7)10-4-8(6-14)9(11)5-12-10/h4-7H,2-3H2,1H3. The molecule has 1 aromatic rings. The number of nitrogens with zero attached hydrogens (tertiary/aromatic N) is 2. The Labute approximate surface area is 98.0 Å². The normalized spacial score (nSPS) is 20.7. The van der Waals surface area contributed by atoms with Crippen molar-refractivity contribution in [2.45, 2.75) is 18.6 Å². The van der Waals surface area contributed by atoms with Crippen LogP contribution in [0, 0.1) is 0 Å². The first-order valence-electron chi connectivity index (χ1n) is 4.75. The van der Waals surface area contributed by atoms with Crippen molar-refractivity contribution < 1.29 is 4.79 Å². The van der Waals surface area contributed by atoms with Crippen LogP contribution in [-0.4, -0.2) is 23.1 Å². The molecule has 0 radical (unpaired) electrons. The van der Waals surface area contributed by atoms with Crippen LogP contribution in [0.2, 0.25) is 5.02 Å². The summed E-state index contributed by atoms with van der Waals surface area (Å²) in [5, 5.41) is 1.02. The van der Waals surface area contributed by atoms with Gasteiger partial charge in [-0.25, -0.2) is 4.98 Å². The van der Waals surface area contributed by atoms with E-state index < -0.39 is 0 Å². The Kier molecular flexibility index (Phi) is 3.17. The minimum Gasteiger partial charge on any atom is -0.300 e. The number of carbonyl (C=O) groups is 1. The average Bonchev–Trinajstić information content (AvgIpc) is 2.66. The van der Waals surface area contributed by atoms with E-state index in [1.165, 1.54) is 6.20 Å². The average molecular weight is 243 g/mol. The predicted octanol–water partition coefficient (Wildman–Crippen LogP) is 2.79. The van der Waals surface area contributed by atoms with Crippen LogP contribution < -0.4 is 4.31 Å². The highest BCUT2D eigenvalue weighted by Crippen LogP contribution is 2.33. The van der Waals surface area contributed by atoms with Gasteiger partial charge in [0.15, 0.2) is 6.29 Å². The molecule has 1 unspecified atom stereocenters. The number of hydrogen-bond donors (Lipinski definition) is 0. The molecule has 1 aliphatic rings. The first-order chi connectivity index (χ1) is 7.20. The predicted molar refractivity (Wildman–Crippen MR) is 63.7 cm³/mol. The highest BCUT2D eigenvalue weighted by atomic mass is 35.5. The summed E-state index contributed by atoms with van der Waals surface area (Å²) in [7, 11) is 0. The summed E-state index contributed by atoms with van der Waals surface area (Å²) in [5.41, 5.74) is 0.502. The first kappa shape index (κ1) is 10.8. The second kappa shape index (κ2) is 4.41. The lowest BCUT2D eigenvalue weighted by molar-refractivity contribution is 0.112. The molecular weight excluding hydrogens is 232 g/mol. The van der Waals surface area contributed by atoms with Gasteiger partial charge >= 0.3 is 0 Å². The maximum atomic E-state index is 10.7. The Morgan fingerprint density at radius 1 is 1.73 bits per heavy atom.